The molecule has 1 atom stereocenters. The van der Waals surface area contributed by atoms with Crippen molar-refractivity contribution in [1.82, 2.24) is 5.32 Å². The molecule has 0 saturated heterocycles. The summed E-state index contributed by atoms with van der Waals surface area (Å²) in [6, 6.07) is 14.5. The quantitative estimate of drug-likeness (QED) is 0.784. The number of amides is 1. The van der Waals surface area contributed by atoms with Gasteiger partial charge in [-0.2, -0.15) is 0 Å². The second-order valence-corrected chi connectivity index (χ2v) is 5.75. The van der Waals surface area contributed by atoms with E-state index in [1.165, 1.54) is 7.11 Å². The van der Waals surface area contributed by atoms with E-state index in [1.54, 1.807) is 24.3 Å². The summed E-state index contributed by atoms with van der Waals surface area (Å²) >= 11 is 0. The SMILES string of the molecule is CC[C@@H](NC(=O)COC(=O)c1cccc(OC)c1)c1ccc(C)cc1. The Bertz CT molecular complexity index is 725. The molecule has 0 radical (unpaired) electrons. The molecule has 0 fully saturated rings. The summed E-state index contributed by atoms with van der Waals surface area (Å²) in [6.45, 7) is 3.69. The van der Waals surface area contributed by atoms with Gasteiger partial charge in [0.15, 0.2) is 6.61 Å². The van der Waals surface area contributed by atoms with Gasteiger partial charge in [0.1, 0.15) is 5.75 Å². The third kappa shape index (κ3) is 5.35. The molecule has 0 aromatic heterocycles. The molecule has 1 amide bonds. The van der Waals surface area contributed by atoms with Crippen LogP contribution < -0.4 is 10.1 Å². The maximum Gasteiger partial charge on any atom is 0.338 e. The van der Waals surface area contributed by atoms with E-state index >= 15 is 0 Å². The number of hydrogen-bond acceptors (Lipinski definition) is 4. The third-order valence-corrected chi connectivity index (χ3v) is 3.86. The third-order valence-electron chi connectivity index (χ3n) is 3.86. The molecule has 132 valence electrons. The molecular weight excluding hydrogens is 318 g/mol. The molecule has 0 heterocycles. The Morgan fingerprint density at radius 1 is 1.12 bits per heavy atom. The Kier molecular flexibility index (Phi) is 6.57. The minimum Gasteiger partial charge on any atom is -0.497 e. The molecule has 5 heteroatoms. The molecule has 2 aromatic carbocycles. The van der Waals surface area contributed by atoms with Gasteiger partial charge >= 0.3 is 5.97 Å². The van der Waals surface area contributed by atoms with E-state index in [2.05, 4.69) is 5.32 Å². The summed E-state index contributed by atoms with van der Waals surface area (Å²) in [7, 11) is 1.52. The molecule has 1 N–H and O–H groups in total. The van der Waals surface area contributed by atoms with Gasteiger partial charge in [-0.05, 0) is 37.1 Å². The number of nitrogens with one attached hydrogen (secondary N) is 1. The molecular formula is C20H23NO4. The smallest absolute Gasteiger partial charge is 0.338 e. The summed E-state index contributed by atoms with van der Waals surface area (Å²) in [6.07, 6.45) is 0.749. The average molecular weight is 341 g/mol. The Labute approximate surface area is 148 Å². The molecule has 0 spiro atoms. The van der Waals surface area contributed by atoms with Crippen LogP contribution in [0.25, 0.3) is 0 Å². The monoisotopic (exact) mass is 341 g/mol. The molecule has 0 saturated carbocycles. The van der Waals surface area contributed by atoms with Crippen LogP contribution >= 0.6 is 0 Å². The number of carbonyl (C=O) groups excluding carboxylic acids is 2. The Balaban J connectivity index is 1.90. The van der Waals surface area contributed by atoms with Crippen LogP contribution in [-0.2, 0) is 9.53 Å². The predicted molar refractivity (Wildman–Crippen MR) is 95.6 cm³/mol. The maximum atomic E-state index is 12.1. The van der Waals surface area contributed by atoms with Gasteiger partial charge in [0.2, 0.25) is 0 Å². The second-order valence-electron chi connectivity index (χ2n) is 5.75. The number of carbonyl (C=O) groups is 2. The summed E-state index contributed by atoms with van der Waals surface area (Å²) < 4.78 is 10.2. The molecule has 25 heavy (non-hydrogen) atoms. The average Bonchev–Trinajstić information content (AvgIpc) is 2.65. The first-order valence-electron chi connectivity index (χ1n) is 8.20. The van der Waals surface area contributed by atoms with Gasteiger partial charge in [0.05, 0.1) is 18.7 Å². The molecule has 2 rings (SSSR count). The lowest BCUT2D eigenvalue weighted by molar-refractivity contribution is -0.125. The predicted octanol–water partition coefficient (Wildman–Crippen LogP) is 3.43. The van der Waals surface area contributed by atoms with E-state index in [-0.39, 0.29) is 18.6 Å². The molecule has 0 aliphatic heterocycles. The van der Waals surface area contributed by atoms with Crippen molar-refractivity contribution >= 4 is 11.9 Å². The van der Waals surface area contributed by atoms with E-state index in [4.69, 9.17) is 9.47 Å². The summed E-state index contributed by atoms with van der Waals surface area (Å²) in [5, 5.41) is 2.89. The fourth-order valence-electron chi connectivity index (χ4n) is 2.42. The summed E-state index contributed by atoms with van der Waals surface area (Å²) in [4.78, 5) is 24.1. The zero-order chi connectivity index (χ0) is 18.2. The molecule has 0 aliphatic rings. The zero-order valence-electron chi connectivity index (χ0n) is 14.7. The number of benzene rings is 2. The van der Waals surface area contributed by atoms with Crippen LogP contribution in [0.3, 0.4) is 0 Å². The van der Waals surface area contributed by atoms with E-state index in [1.807, 2.05) is 38.1 Å². The van der Waals surface area contributed by atoms with Crippen LogP contribution in [0.4, 0.5) is 0 Å². The molecule has 0 unspecified atom stereocenters. The van der Waals surface area contributed by atoms with Crippen molar-refractivity contribution in [3.8, 4) is 5.75 Å². The van der Waals surface area contributed by atoms with E-state index in [0.717, 1.165) is 17.5 Å². The van der Waals surface area contributed by atoms with E-state index in [0.29, 0.717) is 11.3 Å². The number of esters is 1. The number of aryl methyl sites for hydroxylation is 1. The highest BCUT2D eigenvalue weighted by Gasteiger charge is 2.15. The van der Waals surface area contributed by atoms with Gasteiger partial charge in [-0.3, -0.25) is 4.79 Å². The summed E-state index contributed by atoms with van der Waals surface area (Å²) in [5.74, 6) is -0.328. The highest BCUT2D eigenvalue weighted by Crippen LogP contribution is 2.17. The van der Waals surface area contributed by atoms with Gasteiger partial charge in [-0.1, -0.05) is 42.8 Å². The highest BCUT2D eigenvalue weighted by atomic mass is 16.5. The topological polar surface area (TPSA) is 64.6 Å². The van der Waals surface area contributed by atoms with Crippen LogP contribution in [0.15, 0.2) is 48.5 Å². The van der Waals surface area contributed by atoms with Crippen LogP contribution in [-0.4, -0.2) is 25.6 Å². The fraction of sp³-hybridized carbons (Fsp3) is 0.300. The standard InChI is InChI=1S/C20H23NO4/c1-4-18(15-10-8-14(2)9-11-15)21-19(22)13-25-20(23)16-6-5-7-17(12-16)24-3/h5-12,18H,4,13H2,1-3H3,(H,21,22)/t18-/m1/s1. The van der Waals surface area contributed by atoms with E-state index in [9.17, 15) is 9.59 Å². The van der Waals surface area contributed by atoms with E-state index < -0.39 is 5.97 Å². The lowest BCUT2D eigenvalue weighted by Crippen LogP contribution is -2.32. The van der Waals surface area contributed by atoms with Crippen molar-refractivity contribution in [3.05, 3.63) is 65.2 Å². The first-order valence-corrected chi connectivity index (χ1v) is 8.20. The lowest BCUT2D eigenvalue weighted by Gasteiger charge is -2.17. The first kappa shape index (κ1) is 18.5. The van der Waals surface area contributed by atoms with Crippen molar-refractivity contribution in [3.63, 3.8) is 0 Å². The number of rotatable bonds is 7. The molecule has 2 aromatic rings. The van der Waals surface area contributed by atoms with Crippen molar-refractivity contribution in [2.45, 2.75) is 26.3 Å². The second kappa shape index (κ2) is 8.87. The lowest BCUT2D eigenvalue weighted by atomic mass is 10.0. The van der Waals surface area contributed by atoms with Gasteiger partial charge in [-0.15, -0.1) is 0 Å². The fourth-order valence-corrected chi connectivity index (χ4v) is 2.42. The maximum absolute atomic E-state index is 12.1. The Hall–Kier alpha value is -2.82. The molecule has 0 bridgehead atoms. The first-order chi connectivity index (χ1) is 12.0. The molecule has 0 aliphatic carbocycles. The Morgan fingerprint density at radius 2 is 1.84 bits per heavy atom. The number of hydrogen-bond donors (Lipinski definition) is 1. The van der Waals surface area contributed by atoms with Crippen molar-refractivity contribution in [2.75, 3.05) is 13.7 Å². The van der Waals surface area contributed by atoms with Crippen molar-refractivity contribution < 1.29 is 19.1 Å². The van der Waals surface area contributed by atoms with Gasteiger partial charge < -0.3 is 14.8 Å². The zero-order valence-corrected chi connectivity index (χ0v) is 14.7. The summed E-state index contributed by atoms with van der Waals surface area (Å²) in [5.41, 5.74) is 2.54. The van der Waals surface area contributed by atoms with Crippen molar-refractivity contribution in [1.29, 1.82) is 0 Å². The van der Waals surface area contributed by atoms with Crippen LogP contribution in [0.5, 0.6) is 5.75 Å². The number of methoxy groups -OCH3 is 1. The number of ether oxygens (including phenoxy) is 2. The van der Waals surface area contributed by atoms with Gasteiger partial charge in [0.25, 0.3) is 5.91 Å². The van der Waals surface area contributed by atoms with Gasteiger partial charge in [0, 0.05) is 0 Å². The van der Waals surface area contributed by atoms with Crippen molar-refractivity contribution in [2.24, 2.45) is 0 Å². The van der Waals surface area contributed by atoms with Crippen LogP contribution in [0.2, 0.25) is 0 Å². The largest absolute Gasteiger partial charge is 0.497 e. The normalized spacial score (nSPS) is 11.5. The molecule has 5 nitrogen and oxygen atoms in total. The van der Waals surface area contributed by atoms with Crippen LogP contribution in [0.1, 0.15) is 40.9 Å². The van der Waals surface area contributed by atoms with Gasteiger partial charge in [-0.25, -0.2) is 4.79 Å². The van der Waals surface area contributed by atoms with Crippen LogP contribution in [0, 0.1) is 6.92 Å². The highest BCUT2D eigenvalue weighted by molar-refractivity contribution is 5.91. The minimum atomic E-state index is -0.558. The Morgan fingerprint density at radius 3 is 2.48 bits per heavy atom. The minimum absolute atomic E-state index is 0.108.